The Morgan fingerprint density at radius 1 is 1.12 bits per heavy atom. The fourth-order valence-electron chi connectivity index (χ4n) is 2.31. The third-order valence-electron chi connectivity index (χ3n) is 3.54. The van der Waals surface area contributed by atoms with Crippen LogP contribution in [0, 0.1) is 0 Å². The van der Waals surface area contributed by atoms with Crippen LogP contribution in [0.4, 0.5) is 0 Å². The van der Waals surface area contributed by atoms with E-state index in [1.807, 2.05) is 55.7 Å². The zero-order valence-corrected chi connectivity index (χ0v) is 17.0. The lowest BCUT2D eigenvalue weighted by Crippen LogP contribution is -2.38. The van der Waals surface area contributed by atoms with Crippen LogP contribution in [0.3, 0.4) is 0 Å². The maximum atomic E-state index is 11.9. The van der Waals surface area contributed by atoms with E-state index in [2.05, 4.69) is 25.5 Å². The lowest BCUT2D eigenvalue weighted by atomic mass is 10.1. The Bertz CT molecular complexity index is 670. The Hall–Kier alpha value is -2.03. The molecule has 0 aliphatic rings. The zero-order chi connectivity index (χ0) is 17.2. The molecule has 2 rings (SSSR count). The highest BCUT2D eigenvalue weighted by atomic mass is 127. The standard InChI is InChI=1S/C18H25N5O.HI/c1-3-20-17(24)16-8-6-7-15(13-16)14-22-18(19-2)21-9-12-23-10-4-5-11-23;/h4-8,10-11,13H,3,9,12,14H2,1-2H3,(H,20,24)(H2,19,21,22);1H. The largest absolute Gasteiger partial charge is 0.355 e. The average Bonchev–Trinajstić information content (AvgIpc) is 3.12. The van der Waals surface area contributed by atoms with Crippen molar-refractivity contribution >= 4 is 35.8 Å². The summed E-state index contributed by atoms with van der Waals surface area (Å²) in [6, 6.07) is 11.6. The van der Waals surface area contributed by atoms with E-state index in [0.29, 0.717) is 18.7 Å². The van der Waals surface area contributed by atoms with Gasteiger partial charge in [0.25, 0.3) is 5.91 Å². The quantitative estimate of drug-likeness (QED) is 0.341. The minimum atomic E-state index is -0.0476. The smallest absolute Gasteiger partial charge is 0.251 e. The molecule has 0 atom stereocenters. The van der Waals surface area contributed by atoms with Crippen LogP contribution in [0.5, 0.6) is 0 Å². The van der Waals surface area contributed by atoms with Crippen LogP contribution in [-0.2, 0) is 13.1 Å². The van der Waals surface area contributed by atoms with Crippen molar-refractivity contribution in [2.24, 2.45) is 4.99 Å². The van der Waals surface area contributed by atoms with Crippen LogP contribution < -0.4 is 16.0 Å². The summed E-state index contributed by atoms with van der Waals surface area (Å²) in [6.45, 7) is 4.80. The molecule has 136 valence electrons. The van der Waals surface area contributed by atoms with Gasteiger partial charge in [-0.2, -0.15) is 0 Å². The molecule has 0 aliphatic heterocycles. The predicted octanol–water partition coefficient (Wildman–Crippen LogP) is 2.22. The number of carbonyl (C=O) groups is 1. The first-order chi connectivity index (χ1) is 11.7. The van der Waals surface area contributed by atoms with Gasteiger partial charge in [0.15, 0.2) is 5.96 Å². The molecule has 1 heterocycles. The van der Waals surface area contributed by atoms with Crippen molar-refractivity contribution in [3.05, 3.63) is 59.9 Å². The van der Waals surface area contributed by atoms with Crippen molar-refractivity contribution in [3.63, 3.8) is 0 Å². The van der Waals surface area contributed by atoms with Crippen molar-refractivity contribution in [3.8, 4) is 0 Å². The molecule has 2 aromatic rings. The van der Waals surface area contributed by atoms with Crippen molar-refractivity contribution in [1.82, 2.24) is 20.5 Å². The number of nitrogens with one attached hydrogen (secondary N) is 3. The van der Waals surface area contributed by atoms with Gasteiger partial charge in [0.2, 0.25) is 0 Å². The average molecular weight is 455 g/mol. The highest BCUT2D eigenvalue weighted by molar-refractivity contribution is 14.0. The topological polar surface area (TPSA) is 70.4 Å². The highest BCUT2D eigenvalue weighted by Gasteiger charge is 2.05. The third-order valence-corrected chi connectivity index (χ3v) is 3.54. The number of carbonyl (C=O) groups excluding carboxylic acids is 1. The second-order valence-corrected chi connectivity index (χ2v) is 5.33. The Morgan fingerprint density at radius 3 is 2.56 bits per heavy atom. The molecule has 0 radical (unpaired) electrons. The van der Waals surface area contributed by atoms with Gasteiger partial charge in [-0.25, -0.2) is 0 Å². The Morgan fingerprint density at radius 2 is 1.88 bits per heavy atom. The monoisotopic (exact) mass is 455 g/mol. The molecule has 6 nitrogen and oxygen atoms in total. The molecule has 1 aromatic carbocycles. The van der Waals surface area contributed by atoms with E-state index in [1.54, 1.807) is 7.05 Å². The molecule has 0 spiro atoms. The van der Waals surface area contributed by atoms with E-state index in [4.69, 9.17) is 0 Å². The normalized spacial score (nSPS) is 10.7. The number of hydrogen-bond acceptors (Lipinski definition) is 2. The van der Waals surface area contributed by atoms with Gasteiger partial charge in [0.05, 0.1) is 0 Å². The van der Waals surface area contributed by atoms with Crippen LogP contribution >= 0.6 is 24.0 Å². The molecule has 0 aliphatic carbocycles. The number of rotatable bonds is 7. The van der Waals surface area contributed by atoms with Crippen LogP contribution in [-0.4, -0.2) is 36.6 Å². The van der Waals surface area contributed by atoms with Gasteiger partial charge in [-0.05, 0) is 36.8 Å². The lowest BCUT2D eigenvalue weighted by Gasteiger charge is -2.13. The van der Waals surface area contributed by atoms with Crippen LogP contribution in [0.15, 0.2) is 53.8 Å². The van der Waals surface area contributed by atoms with Gasteiger partial charge in [0.1, 0.15) is 0 Å². The van der Waals surface area contributed by atoms with Gasteiger partial charge >= 0.3 is 0 Å². The number of hydrogen-bond donors (Lipinski definition) is 3. The first-order valence-corrected chi connectivity index (χ1v) is 8.15. The molecule has 3 N–H and O–H groups in total. The Kier molecular flexibility index (Phi) is 9.68. The number of amides is 1. The maximum Gasteiger partial charge on any atom is 0.251 e. The first kappa shape index (κ1) is 21.0. The number of guanidine groups is 1. The van der Waals surface area contributed by atoms with E-state index in [0.717, 1.165) is 24.6 Å². The Labute approximate surface area is 166 Å². The van der Waals surface area contributed by atoms with Gasteiger partial charge in [-0.15, -0.1) is 24.0 Å². The molecule has 1 amide bonds. The first-order valence-electron chi connectivity index (χ1n) is 8.15. The van der Waals surface area contributed by atoms with E-state index in [1.165, 1.54) is 0 Å². The van der Waals surface area contributed by atoms with Crippen molar-refractivity contribution in [2.45, 2.75) is 20.0 Å². The van der Waals surface area contributed by atoms with Crippen molar-refractivity contribution in [1.29, 1.82) is 0 Å². The number of halogens is 1. The molecule has 0 bridgehead atoms. The van der Waals surface area contributed by atoms with Gasteiger partial charge < -0.3 is 20.5 Å². The lowest BCUT2D eigenvalue weighted by molar-refractivity contribution is 0.0955. The molecular weight excluding hydrogens is 429 g/mol. The van der Waals surface area contributed by atoms with E-state index >= 15 is 0 Å². The minimum absolute atomic E-state index is 0. The van der Waals surface area contributed by atoms with Crippen molar-refractivity contribution < 1.29 is 4.79 Å². The number of aliphatic imine (C=N–C) groups is 1. The highest BCUT2D eigenvalue weighted by Crippen LogP contribution is 2.05. The number of aromatic nitrogens is 1. The zero-order valence-electron chi connectivity index (χ0n) is 14.7. The molecule has 0 unspecified atom stereocenters. The SMILES string of the molecule is CCNC(=O)c1cccc(CNC(=NC)NCCn2cccc2)c1.I. The molecule has 7 heteroatoms. The summed E-state index contributed by atoms with van der Waals surface area (Å²) in [6.07, 6.45) is 4.06. The minimum Gasteiger partial charge on any atom is -0.355 e. The summed E-state index contributed by atoms with van der Waals surface area (Å²) < 4.78 is 2.11. The van der Waals surface area contributed by atoms with E-state index in [9.17, 15) is 4.79 Å². The van der Waals surface area contributed by atoms with Crippen LogP contribution in [0.25, 0.3) is 0 Å². The Balaban J connectivity index is 0.00000312. The summed E-state index contributed by atoms with van der Waals surface area (Å²) in [5, 5.41) is 9.34. The second kappa shape index (κ2) is 11.5. The number of benzene rings is 1. The molecule has 0 fully saturated rings. The fourth-order valence-corrected chi connectivity index (χ4v) is 2.31. The summed E-state index contributed by atoms with van der Waals surface area (Å²) in [5.74, 6) is 0.694. The van der Waals surface area contributed by atoms with Gasteiger partial charge in [-0.3, -0.25) is 9.79 Å². The molecule has 25 heavy (non-hydrogen) atoms. The van der Waals surface area contributed by atoms with E-state index < -0.39 is 0 Å². The molecular formula is C18H26IN5O. The van der Waals surface area contributed by atoms with E-state index in [-0.39, 0.29) is 29.9 Å². The van der Waals surface area contributed by atoms with Crippen molar-refractivity contribution in [2.75, 3.05) is 20.1 Å². The van der Waals surface area contributed by atoms with Gasteiger partial charge in [-0.1, -0.05) is 12.1 Å². The number of nitrogens with zero attached hydrogens (tertiary/aromatic N) is 2. The summed E-state index contributed by atoms with van der Waals surface area (Å²) in [4.78, 5) is 16.1. The molecule has 0 saturated carbocycles. The fraction of sp³-hybridized carbons (Fsp3) is 0.333. The molecule has 1 aromatic heterocycles. The summed E-state index contributed by atoms with van der Waals surface area (Å²) in [7, 11) is 1.75. The maximum absolute atomic E-state index is 11.9. The predicted molar refractivity (Wildman–Crippen MR) is 112 cm³/mol. The van der Waals surface area contributed by atoms with Crippen LogP contribution in [0.2, 0.25) is 0 Å². The third kappa shape index (κ3) is 7.16. The summed E-state index contributed by atoms with van der Waals surface area (Å²) in [5.41, 5.74) is 1.71. The van der Waals surface area contributed by atoms with Crippen LogP contribution in [0.1, 0.15) is 22.8 Å². The summed E-state index contributed by atoms with van der Waals surface area (Å²) >= 11 is 0. The molecule has 0 saturated heterocycles. The second-order valence-electron chi connectivity index (χ2n) is 5.33. The van der Waals surface area contributed by atoms with Gasteiger partial charge in [0, 0.05) is 51.2 Å².